The topological polar surface area (TPSA) is 18.5 Å². The lowest BCUT2D eigenvalue weighted by molar-refractivity contribution is -0.0988. The SMILES string of the molecule is CC1CC(OCCBr)CC(C)O1. The molecule has 2 unspecified atom stereocenters. The van der Waals surface area contributed by atoms with Crippen LogP contribution in [0.15, 0.2) is 0 Å². The zero-order valence-corrected chi connectivity index (χ0v) is 9.34. The van der Waals surface area contributed by atoms with Crippen LogP contribution in [-0.2, 0) is 9.47 Å². The van der Waals surface area contributed by atoms with Crippen LogP contribution >= 0.6 is 15.9 Å². The van der Waals surface area contributed by atoms with Crippen LogP contribution in [-0.4, -0.2) is 30.2 Å². The molecule has 0 saturated carbocycles. The fraction of sp³-hybridized carbons (Fsp3) is 1.00. The van der Waals surface area contributed by atoms with Crippen LogP contribution in [0.5, 0.6) is 0 Å². The molecule has 0 amide bonds. The fourth-order valence-electron chi connectivity index (χ4n) is 1.69. The van der Waals surface area contributed by atoms with E-state index < -0.39 is 0 Å². The first-order valence-electron chi connectivity index (χ1n) is 4.55. The Morgan fingerprint density at radius 1 is 1.33 bits per heavy atom. The van der Waals surface area contributed by atoms with Crippen LogP contribution in [0, 0.1) is 0 Å². The van der Waals surface area contributed by atoms with E-state index in [-0.39, 0.29) is 0 Å². The monoisotopic (exact) mass is 236 g/mol. The molecule has 0 N–H and O–H groups in total. The van der Waals surface area contributed by atoms with Crippen LogP contribution in [0.25, 0.3) is 0 Å². The van der Waals surface area contributed by atoms with Gasteiger partial charge in [-0.15, -0.1) is 0 Å². The minimum absolute atomic E-state index is 0.356. The third kappa shape index (κ3) is 3.42. The van der Waals surface area contributed by atoms with Crippen molar-refractivity contribution in [1.82, 2.24) is 0 Å². The van der Waals surface area contributed by atoms with Gasteiger partial charge in [0.25, 0.3) is 0 Å². The Morgan fingerprint density at radius 2 is 1.92 bits per heavy atom. The van der Waals surface area contributed by atoms with Crippen LogP contribution in [0.4, 0.5) is 0 Å². The molecule has 2 atom stereocenters. The highest BCUT2D eigenvalue weighted by Crippen LogP contribution is 2.21. The minimum Gasteiger partial charge on any atom is -0.377 e. The van der Waals surface area contributed by atoms with Gasteiger partial charge in [-0.05, 0) is 26.7 Å². The molecule has 0 aromatic heterocycles. The summed E-state index contributed by atoms with van der Waals surface area (Å²) >= 11 is 3.35. The van der Waals surface area contributed by atoms with Crippen molar-refractivity contribution in [2.24, 2.45) is 0 Å². The second-order valence-corrected chi connectivity index (χ2v) is 4.20. The maximum Gasteiger partial charge on any atom is 0.0624 e. The smallest absolute Gasteiger partial charge is 0.0624 e. The molecule has 1 rings (SSSR count). The van der Waals surface area contributed by atoms with E-state index >= 15 is 0 Å². The maximum atomic E-state index is 5.65. The summed E-state index contributed by atoms with van der Waals surface area (Å²) in [6.45, 7) is 5.03. The first-order valence-corrected chi connectivity index (χ1v) is 5.67. The highest BCUT2D eigenvalue weighted by Gasteiger charge is 2.24. The summed E-state index contributed by atoms with van der Waals surface area (Å²) < 4.78 is 11.3. The number of rotatable bonds is 3. The molecule has 0 aromatic carbocycles. The molecule has 1 fully saturated rings. The van der Waals surface area contributed by atoms with Gasteiger partial charge in [-0.2, -0.15) is 0 Å². The van der Waals surface area contributed by atoms with Crippen molar-refractivity contribution in [2.75, 3.05) is 11.9 Å². The third-order valence-electron chi connectivity index (χ3n) is 2.08. The molecule has 1 heterocycles. The van der Waals surface area contributed by atoms with Gasteiger partial charge in [-0.3, -0.25) is 0 Å². The van der Waals surface area contributed by atoms with Crippen molar-refractivity contribution in [3.8, 4) is 0 Å². The Hall–Kier alpha value is 0.400. The Labute approximate surface area is 82.7 Å². The fourth-order valence-corrected chi connectivity index (χ4v) is 1.88. The zero-order valence-electron chi connectivity index (χ0n) is 7.75. The summed E-state index contributed by atoms with van der Waals surface area (Å²) in [5.41, 5.74) is 0. The summed E-state index contributed by atoms with van der Waals surface area (Å²) in [7, 11) is 0. The van der Waals surface area contributed by atoms with Gasteiger partial charge in [0.2, 0.25) is 0 Å². The third-order valence-corrected chi connectivity index (χ3v) is 2.41. The molecule has 0 spiro atoms. The van der Waals surface area contributed by atoms with Crippen LogP contribution < -0.4 is 0 Å². The Kier molecular flexibility index (Phi) is 4.54. The second-order valence-electron chi connectivity index (χ2n) is 3.41. The predicted octanol–water partition coefficient (Wildman–Crippen LogP) is 2.35. The Morgan fingerprint density at radius 3 is 2.42 bits per heavy atom. The van der Waals surface area contributed by atoms with Crippen molar-refractivity contribution < 1.29 is 9.47 Å². The minimum atomic E-state index is 0.356. The largest absolute Gasteiger partial charge is 0.377 e. The Balaban J connectivity index is 2.24. The summed E-state index contributed by atoms with van der Waals surface area (Å²) in [5.74, 6) is 0. The van der Waals surface area contributed by atoms with Crippen LogP contribution in [0.1, 0.15) is 26.7 Å². The van der Waals surface area contributed by atoms with Gasteiger partial charge in [0.15, 0.2) is 0 Å². The Bertz CT molecular complexity index is 120. The number of hydrogen-bond donors (Lipinski definition) is 0. The van der Waals surface area contributed by atoms with Gasteiger partial charge in [-0.1, -0.05) is 15.9 Å². The van der Waals surface area contributed by atoms with E-state index in [1.165, 1.54) is 0 Å². The number of hydrogen-bond acceptors (Lipinski definition) is 2. The quantitative estimate of drug-likeness (QED) is 0.701. The lowest BCUT2D eigenvalue weighted by Crippen LogP contribution is -2.34. The first-order chi connectivity index (χ1) is 5.72. The van der Waals surface area contributed by atoms with Crippen molar-refractivity contribution in [2.45, 2.75) is 45.0 Å². The van der Waals surface area contributed by atoms with Crippen molar-refractivity contribution >= 4 is 15.9 Å². The van der Waals surface area contributed by atoms with Gasteiger partial charge in [-0.25, -0.2) is 0 Å². The van der Waals surface area contributed by atoms with E-state index in [0.717, 1.165) is 24.8 Å². The average Bonchev–Trinajstić information content (AvgIpc) is 1.99. The van der Waals surface area contributed by atoms with Crippen molar-refractivity contribution in [1.29, 1.82) is 0 Å². The van der Waals surface area contributed by atoms with Gasteiger partial charge >= 0.3 is 0 Å². The van der Waals surface area contributed by atoms with Gasteiger partial charge in [0.1, 0.15) is 0 Å². The highest BCUT2D eigenvalue weighted by molar-refractivity contribution is 9.09. The number of ether oxygens (including phenoxy) is 2. The van der Waals surface area contributed by atoms with E-state index in [0.29, 0.717) is 18.3 Å². The normalized spacial score (nSPS) is 36.8. The molecule has 0 radical (unpaired) electrons. The zero-order chi connectivity index (χ0) is 8.97. The van der Waals surface area contributed by atoms with E-state index in [1.807, 2.05) is 0 Å². The standard InChI is InChI=1S/C9H17BrO2/c1-7-5-9(11-4-3-10)6-8(2)12-7/h7-9H,3-6H2,1-2H3. The summed E-state index contributed by atoms with van der Waals surface area (Å²) in [6.07, 6.45) is 3.19. The summed E-state index contributed by atoms with van der Waals surface area (Å²) in [6, 6.07) is 0. The lowest BCUT2D eigenvalue weighted by Gasteiger charge is -2.31. The van der Waals surface area contributed by atoms with Crippen LogP contribution in [0.2, 0.25) is 0 Å². The van der Waals surface area contributed by atoms with E-state index in [1.54, 1.807) is 0 Å². The predicted molar refractivity (Wildman–Crippen MR) is 52.8 cm³/mol. The second kappa shape index (κ2) is 5.20. The van der Waals surface area contributed by atoms with Crippen molar-refractivity contribution in [3.05, 3.63) is 0 Å². The first kappa shape index (κ1) is 10.5. The van der Waals surface area contributed by atoms with Crippen molar-refractivity contribution in [3.63, 3.8) is 0 Å². The van der Waals surface area contributed by atoms with E-state index in [2.05, 4.69) is 29.8 Å². The molecule has 72 valence electrons. The van der Waals surface area contributed by atoms with Gasteiger partial charge in [0, 0.05) is 5.33 Å². The molecular weight excluding hydrogens is 220 g/mol. The van der Waals surface area contributed by atoms with Crippen LogP contribution in [0.3, 0.4) is 0 Å². The molecule has 1 aliphatic heterocycles. The van der Waals surface area contributed by atoms with E-state index in [9.17, 15) is 0 Å². The lowest BCUT2D eigenvalue weighted by atomic mass is 10.0. The van der Waals surface area contributed by atoms with Gasteiger partial charge < -0.3 is 9.47 Å². The summed E-state index contributed by atoms with van der Waals surface area (Å²) in [5, 5.41) is 0.924. The molecule has 1 aliphatic rings. The van der Waals surface area contributed by atoms with E-state index in [4.69, 9.17) is 9.47 Å². The molecule has 0 aromatic rings. The average molecular weight is 237 g/mol. The number of alkyl halides is 1. The molecule has 0 aliphatic carbocycles. The molecule has 2 nitrogen and oxygen atoms in total. The molecule has 3 heteroatoms. The van der Waals surface area contributed by atoms with Gasteiger partial charge in [0.05, 0.1) is 24.9 Å². The highest BCUT2D eigenvalue weighted by atomic mass is 79.9. The summed E-state index contributed by atoms with van der Waals surface area (Å²) in [4.78, 5) is 0. The molecule has 0 bridgehead atoms. The number of halogens is 1. The molecule has 1 saturated heterocycles. The molecule has 12 heavy (non-hydrogen) atoms. The maximum absolute atomic E-state index is 5.65. The molecular formula is C9H17BrO2.